The zero-order valence-corrected chi connectivity index (χ0v) is 11.8. The molecule has 0 radical (unpaired) electrons. The number of hydrogen-bond acceptors (Lipinski definition) is 3. The van der Waals surface area contributed by atoms with Crippen molar-refractivity contribution in [1.82, 2.24) is 4.98 Å². The molecule has 3 aromatic rings. The molecule has 0 saturated carbocycles. The third-order valence-electron chi connectivity index (χ3n) is 3.15. The van der Waals surface area contributed by atoms with Crippen molar-refractivity contribution >= 4 is 22.5 Å². The van der Waals surface area contributed by atoms with Crippen LogP contribution in [0.3, 0.4) is 0 Å². The van der Waals surface area contributed by atoms with Crippen molar-refractivity contribution in [2.24, 2.45) is 5.73 Å². The Morgan fingerprint density at radius 3 is 2.76 bits per heavy atom. The van der Waals surface area contributed by atoms with E-state index in [9.17, 15) is 4.39 Å². The molecule has 3 nitrogen and oxygen atoms in total. The lowest BCUT2D eigenvalue weighted by Gasteiger charge is -2.13. The van der Waals surface area contributed by atoms with Crippen LogP contribution in [-0.2, 0) is 6.54 Å². The van der Waals surface area contributed by atoms with Gasteiger partial charge in [-0.25, -0.2) is 4.39 Å². The zero-order valence-electron chi connectivity index (χ0n) is 11.0. The molecule has 0 aliphatic rings. The van der Waals surface area contributed by atoms with Crippen LogP contribution in [0.4, 0.5) is 4.39 Å². The van der Waals surface area contributed by atoms with E-state index in [-0.39, 0.29) is 17.3 Å². The molecule has 0 unspecified atom stereocenters. The van der Waals surface area contributed by atoms with Crippen molar-refractivity contribution in [1.29, 1.82) is 0 Å². The van der Waals surface area contributed by atoms with Crippen LogP contribution in [0, 0.1) is 5.82 Å². The van der Waals surface area contributed by atoms with Crippen LogP contribution in [0.2, 0.25) is 5.02 Å². The Hall–Kier alpha value is -2.17. The summed E-state index contributed by atoms with van der Waals surface area (Å²) in [5.74, 6) is -0.0270. The lowest BCUT2D eigenvalue weighted by atomic mass is 10.1. The minimum absolute atomic E-state index is 0.0140. The van der Waals surface area contributed by atoms with E-state index >= 15 is 0 Å². The molecule has 0 aliphatic carbocycles. The Balaban J connectivity index is 2.17. The van der Waals surface area contributed by atoms with E-state index in [4.69, 9.17) is 22.1 Å². The van der Waals surface area contributed by atoms with Crippen LogP contribution in [0.5, 0.6) is 11.5 Å². The monoisotopic (exact) mass is 302 g/mol. The van der Waals surface area contributed by atoms with Crippen molar-refractivity contribution in [3.05, 3.63) is 65.1 Å². The van der Waals surface area contributed by atoms with Gasteiger partial charge in [-0.15, -0.1) is 0 Å². The number of benzene rings is 2. The highest BCUT2D eigenvalue weighted by Gasteiger charge is 2.14. The van der Waals surface area contributed by atoms with E-state index in [1.807, 2.05) is 24.3 Å². The van der Waals surface area contributed by atoms with Gasteiger partial charge in [-0.3, -0.25) is 4.98 Å². The number of nitrogens with zero attached hydrogens (tertiary/aromatic N) is 1. The van der Waals surface area contributed by atoms with Gasteiger partial charge < -0.3 is 10.5 Å². The van der Waals surface area contributed by atoms with Gasteiger partial charge in [0.15, 0.2) is 11.6 Å². The maximum Gasteiger partial charge on any atom is 0.184 e. The number of nitrogens with two attached hydrogens (primary N) is 1. The predicted octanol–water partition coefficient (Wildman–Crippen LogP) is 4.28. The van der Waals surface area contributed by atoms with Gasteiger partial charge in [-0.05, 0) is 24.3 Å². The van der Waals surface area contributed by atoms with E-state index in [0.717, 1.165) is 10.9 Å². The molecule has 0 amide bonds. The van der Waals surface area contributed by atoms with Gasteiger partial charge in [0.2, 0.25) is 0 Å². The van der Waals surface area contributed by atoms with E-state index in [1.54, 1.807) is 12.3 Å². The largest absolute Gasteiger partial charge is 0.453 e. The molecule has 5 heteroatoms. The number of halogens is 2. The average molecular weight is 303 g/mol. The second kappa shape index (κ2) is 5.68. The fourth-order valence-corrected chi connectivity index (χ4v) is 2.26. The SMILES string of the molecule is NCc1cnc2ccccc2c1Oc1cccc(Cl)c1F. The van der Waals surface area contributed by atoms with Crippen LogP contribution >= 0.6 is 11.6 Å². The molecule has 0 spiro atoms. The first kappa shape index (κ1) is 13.8. The first-order valence-electron chi connectivity index (χ1n) is 6.39. The standard InChI is InChI=1S/C16H12ClFN2O/c17-12-5-3-7-14(15(12)18)21-16-10(8-19)9-20-13-6-2-1-4-11(13)16/h1-7,9H,8,19H2. The highest BCUT2D eigenvalue weighted by atomic mass is 35.5. The number of para-hydroxylation sites is 1. The third-order valence-corrected chi connectivity index (χ3v) is 3.44. The maximum atomic E-state index is 14.0. The van der Waals surface area contributed by atoms with Crippen molar-refractivity contribution in [2.75, 3.05) is 0 Å². The van der Waals surface area contributed by atoms with Gasteiger partial charge in [0.1, 0.15) is 5.75 Å². The molecule has 2 N–H and O–H groups in total. The quantitative estimate of drug-likeness (QED) is 0.785. The summed E-state index contributed by atoms with van der Waals surface area (Å²) in [5.41, 5.74) is 7.18. The molecule has 0 fully saturated rings. The van der Waals surface area contributed by atoms with Crippen molar-refractivity contribution < 1.29 is 9.13 Å². The Morgan fingerprint density at radius 2 is 1.95 bits per heavy atom. The minimum Gasteiger partial charge on any atom is -0.453 e. The zero-order chi connectivity index (χ0) is 14.8. The summed E-state index contributed by atoms with van der Waals surface area (Å²) in [6.45, 7) is 0.245. The molecule has 106 valence electrons. The first-order chi connectivity index (χ1) is 10.2. The Morgan fingerprint density at radius 1 is 1.14 bits per heavy atom. The summed E-state index contributed by atoms with van der Waals surface area (Å²) in [5, 5.41) is 0.792. The fraction of sp³-hybridized carbons (Fsp3) is 0.0625. The number of fused-ring (bicyclic) bond motifs is 1. The van der Waals surface area contributed by atoms with E-state index in [0.29, 0.717) is 11.3 Å². The second-order valence-electron chi connectivity index (χ2n) is 4.49. The molecular formula is C16H12ClFN2O. The molecule has 0 bridgehead atoms. The lowest BCUT2D eigenvalue weighted by molar-refractivity contribution is 0.442. The van der Waals surface area contributed by atoms with Crippen LogP contribution < -0.4 is 10.5 Å². The van der Waals surface area contributed by atoms with Crippen molar-refractivity contribution in [2.45, 2.75) is 6.54 Å². The highest BCUT2D eigenvalue weighted by Crippen LogP contribution is 2.34. The van der Waals surface area contributed by atoms with E-state index in [2.05, 4.69) is 4.98 Å². The molecule has 3 rings (SSSR count). The van der Waals surface area contributed by atoms with Crippen LogP contribution in [0.15, 0.2) is 48.7 Å². The Kier molecular flexibility index (Phi) is 3.73. The van der Waals surface area contributed by atoms with Crippen molar-refractivity contribution in [3.8, 4) is 11.5 Å². The van der Waals surface area contributed by atoms with E-state index < -0.39 is 5.82 Å². The molecule has 1 heterocycles. The number of aromatic nitrogens is 1. The van der Waals surface area contributed by atoms with Crippen LogP contribution in [0.25, 0.3) is 10.9 Å². The molecule has 21 heavy (non-hydrogen) atoms. The summed E-state index contributed by atoms with van der Waals surface area (Å²) in [6, 6.07) is 12.1. The maximum absolute atomic E-state index is 14.0. The normalized spacial score (nSPS) is 10.8. The van der Waals surface area contributed by atoms with Gasteiger partial charge in [-0.2, -0.15) is 0 Å². The smallest absolute Gasteiger partial charge is 0.184 e. The molecule has 1 aromatic heterocycles. The lowest BCUT2D eigenvalue weighted by Crippen LogP contribution is -2.02. The number of ether oxygens (including phenoxy) is 1. The molecule has 0 aliphatic heterocycles. The van der Waals surface area contributed by atoms with Gasteiger partial charge in [0.05, 0.1) is 10.5 Å². The summed E-state index contributed by atoms with van der Waals surface area (Å²) in [4.78, 5) is 4.31. The second-order valence-corrected chi connectivity index (χ2v) is 4.90. The summed E-state index contributed by atoms with van der Waals surface area (Å²) >= 11 is 5.78. The number of pyridine rings is 1. The molecule has 2 aromatic carbocycles. The predicted molar refractivity (Wildman–Crippen MR) is 81.1 cm³/mol. The molecule has 0 saturated heterocycles. The average Bonchev–Trinajstić information content (AvgIpc) is 2.52. The summed E-state index contributed by atoms with van der Waals surface area (Å²) in [7, 11) is 0. The van der Waals surface area contributed by atoms with Gasteiger partial charge in [0.25, 0.3) is 0 Å². The third kappa shape index (κ3) is 2.55. The van der Waals surface area contributed by atoms with Crippen LogP contribution in [0.1, 0.15) is 5.56 Å². The Labute approximate surface area is 126 Å². The van der Waals surface area contributed by atoms with Gasteiger partial charge in [0, 0.05) is 23.7 Å². The summed E-state index contributed by atoms with van der Waals surface area (Å²) < 4.78 is 19.8. The fourth-order valence-electron chi connectivity index (χ4n) is 2.10. The number of hydrogen-bond donors (Lipinski definition) is 1. The molecular weight excluding hydrogens is 291 g/mol. The van der Waals surface area contributed by atoms with Crippen molar-refractivity contribution in [3.63, 3.8) is 0 Å². The minimum atomic E-state index is -0.594. The van der Waals surface area contributed by atoms with Gasteiger partial charge >= 0.3 is 0 Å². The summed E-state index contributed by atoms with van der Waals surface area (Å²) in [6.07, 6.45) is 1.64. The first-order valence-corrected chi connectivity index (χ1v) is 6.77. The van der Waals surface area contributed by atoms with E-state index in [1.165, 1.54) is 12.1 Å². The van der Waals surface area contributed by atoms with Crippen LogP contribution in [-0.4, -0.2) is 4.98 Å². The highest BCUT2D eigenvalue weighted by molar-refractivity contribution is 6.30. The Bertz CT molecular complexity index is 807. The number of rotatable bonds is 3. The topological polar surface area (TPSA) is 48.1 Å². The van der Waals surface area contributed by atoms with Gasteiger partial charge in [-0.1, -0.05) is 29.8 Å². The molecule has 0 atom stereocenters.